The number of sulfone groups is 1. The van der Waals surface area contributed by atoms with E-state index in [-0.39, 0.29) is 18.5 Å². The standard InChI is InChI=1S/C22H23N3O6S/c1-22(21(27)24-28,32(2,29)30)11-14-25-13-10-17(15-20(25)26)16-6-8-18(9-7-16)31-19-5-3-4-12-23-19/h3-10,12-13,15,28H,11,14H2,1-2H3,(H,24,27). The highest BCUT2D eigenvalue weighted by Gasteiger charge is 2.43. The third-order valence-electron chi connectivity index (χ3n) is 5.27. The van der Waals surface area contributed by atoms with Crippen LogP contribution < -0.4 is 15.8 Å². The maximum atomic E-state index is 12.6. The van der Waals surface area contributed by atoms with Crippen LogP contribution in [0, 0.1) is 0 Å². The number of hydroxylamine groups is 1. The van der Waals surface area contributed by atoms with Gasteiger partial charge in [0.05, 0.1) is 0 Å². The molecule has 3 rings (SSSR count). The number of hydrogen-bond acceptors (Lipinski definition) is 7. The molecule has 3 aromatic rings. The second-order valence-electron chi connectivity index (χ2n) is 7.44. The van der Waals surface area contributed by atoms with Crippen molar-refractivity contribution in [2.45, 2.75) is 24.6 Å². The molecule has 1 aromatic carbocycles. The Kier molecular flexibility index (Phi) is 6.75. The van der Waals surface area contributed by atoms with E-state index in [2.05, 4.69) is 4.98 Å². The van der Waals surface area contributed by atoms with Crippen LogP contribution in [-0.4, -0.2) is 40.1 Å². The zero-order chi connectivity index (χ0) is 23.4. The predicted molar refractivity (Wildman–Crippen MR) is 118 cm³/mol. The molecule has 0 saturated carbocycles. The molecule has 2 N–H and O–H groups in total. The molecule has 1 amide bonds. The molecule has 168 valence electrons. The van der Waals surface area contributed by atoms with Crippen molar-refractivity contribution >= 4 is 15.7 Å². The molecule has 0 aliphatic rings. The number of aromatic nitrogens is 2. The third kappa shape index (κ3) is 5.04. The van der Waals surface area contributed by atoms with Gasteiger partial charge in [-0.3, -0.25) is 14.8 Å². The van der Waals surface area contributed by atoms with E-state index in [9.17, 15) is 18.0 Å². The Balaban J connectivity index is 1.75. The van der Waals surface area contributed by atoms with Crippen molar-refractivity contribution in [1.82, 2.24) is 15.0 Å². The van der Waals surface area contributed by atoms with E-state index in [0.29, 0.717) is 17.2 Å². The van der Waals surface area contributed by atoms with E-state index in [1.54, 1.807) is 36.5 Å². The van der Waals surface area contributed by atoms with E-state index < -0.39 is 20.5 Å². The fourth-order valence-corrected chi connectivity index (χ4v) is 3.88. The van der Waals surface area contributed by atoms with Crippen LogP contribution in [0.3, 0.4) is 0 Å². The number of nitrogens with one attached hydrogen (secondary N) is 1. The van der Waals surface area contributed by atoms with Crippen molar-refractivity contribution in [1.29, 1.82) is 0 Å². The summed E-state index contributed by atoms with van der Waals surface area (Å²) in [5.74, 6) is 0.0273. The molecular weight excluding hydrogens is 434 g/mol. The Morgan fingerprint density at radius 2 is 1.88 bits per heavy atom. The quantitative estimate of drug-likeness (QED) is 0.393. The summed E-state index contributed by atoms with van der Waals surface area (Å²) < 4.78 is 29.2. The fraction of sp³-hybridized carbons (Fsp3) is 0.227. The van der Waals surface area contributed by atoms with E-state index >= 15 is 0 Å². The molecule has 2 heterocycles. The summed E-state index contributed by atoms with van der Waals surface area (Å²) in [6.45, 7) is 1.19. The van der Waals surface area contributed by atoms with Crippen LogP contribution >= 0.6 is 0 Å². The largest absolute Gasteiger partial charge is 0.439 e. The number of carbonyl (C=O) groups excluding carboxylic acids is 1. The molecular formula is C22H23N3O6S. The second kappa shape index (κ2) is 9.33. The summed E-state index contributed by atoms with van der Waals surface area (Å²) in [5.41, 5.74) is 2.51. The zero-order valence-electron chi connectivity index (χ0n) is 17.6. The van der Waals surface area contributed by atoms with Gasteiger partial charge in [-0.2, -0.15) is 0 Å². The van der Waals surface area contributed by atoms with Gasteiger partial charge in [0.25, 0.3) is 11.5 Å². The smallest absolute Gasteiger partial charge is 0.264 e. The fourth-order valence-electron chi connectivity index (χ4n) is 3.04. The molecule has 10 heteroatoms. The highest BCUT2D eigenvalue weighted by Crippen LogP contribution is 2.25. The van der Waals surface area contributed by atoms with Gasteiger partial charge in [0.15, 0.2) is 14.6 Å². The van der Waals surface area contributed by atoms with Crippen molar-refractivity contribution < 1.29 is 23.2 Å². The first-order valence-electron chi connectivity index (χ1n) is 9.68. The van der Waals surface area contributed by atoms with Gasteiger partial charge in [0, 0.05) is 37.3 Å². The topological polar surface area (TPSA) is 128 Å². The van der Waals surface area contributed by atoms with Crippen LogP contribution in [0.25, 0.3) is 11.1 Å². The van der Waals surface area contributed by atoms with Crippen molar-refractivity contribution in [3.05, 3.63) is 77.3 Å². The maximum absolute atomic E-state index is 12.6. The number of ether oxygens (including phenoxy) is 1. The normalized spacial score (nSPS) is 13.2. The van der Waals surface area contributed by atoms with E-state index in [1.807, 2.05) is 18.2 Å². The molecule has 0 saturated heterocycles. The second-order valence-corrected chi connectivity index (χ2v) is 9.88. The highest BCUT2D eigenvalue weighted by molar-refractivity contribution is 7.92. The molecule has 0 bridgehead atoms. The van der Waals surface area contributed by atoms with Crippen molar-refractivity contribution in [3.8, 4) is 22.8 Å². The van der Waals surface area contributed by atoms with Gasteiger partial charge in [0.1, 0.15) is 5.75 Å². The summed E-state index contributed by atoms with van der Waals surface area (Å²) in [7, 11) is -3.84. The molecule has 0 radical (unpaired) electrons. The van der Waals surface area contributed by atoms with Gasteiger partial charge >= 0.3 is 0 Å². The lowest BCUT2D eigenvalue weighted by molar-refractivity contribution is -0.131. The van der Waals surface area contributed by atoms with Crippen LogP contribution in [0.4, 0.5) is 0 Å². The minimum absolute atomic E-state index is 0.0209. The number of carbonyl (C=O) groups is 1. The molecule has 0 aliphatic heterocycles. The molecule has 0 fully saturated rings. The van der Waals surface area contributed by atoms with Crippen molar-refractivity contribution in [2.24, 2.45) is 0 Å². The minimum Gasteiger partial charge on any atom is -0.439 e. The number of nitrogens with zero attached hydrogens (tertiary/aromatic N) is 2. The van der Waals surface area contributed by atoms with Gasteiger partial charge in [-0.15, -0.1) is 0 Å². The van der Waals surface area contributed by atoms with Crippen molar-refractivity contribution in [2.75, 3.05) is 6.26 Å². The monoisotopic (exact) mass is 457 g/mol. The molecule has 0 aliphatic carbocycles. The summed E-state index contributed by atoms with van der Waals surface area (Å²) in [4.78, 5) is 28.6. The van der Waals surface area contributed by atoms with Gasteiger partial charge in [-0.25, -0.2) is 18.9 Å². The van der Waals surface area contributed by atoms with Crippen LogP contribution in [-0.2, 0) is 21.2 Å². The number of hydrogen-bond donors (Lipinski definition) is 2. The zero-order valence-corrected chi connectivity index (χ0v) is 18.4. The first-order chi connectivity index (χ1) is 15.1. The number of aryl methyl sites for hydroxylation is 1. The lowest BCUT2D eigenvalue weighted by Gasteiger charge is -2.25. The first kappa shape index (κ1) is 23.2. The Morgan fingerprint density at radius 3 is 2.44 bits per heavy atom. The van der Waals surface area contributed by atoms with Gasteiger partial charge in [-0.05, 0) is 48.7 Å². The number of rotatable bonds is 8. The maximum Gasteiger partial charge on any atom is 0.264 e. The van der Waals surface area contributed by atoms with Crippen molar-refractivity contribution in [3.63, 3.8) is 0 Å². The SMILES string of the molecule is CC(CCn1ccc(-c2ccc(Oc3ccccn3)cc2)cc1=O)(C(=O)NO)S(C)(=O)=O. The van der Waals surface area contributed by atoms with Gasteiger partial charge in [-0.1, -0.05) is 18.2 Å². The Bertz CT molecular complexity index is 1260. The predicted octanol–water partition coefficient (Wildman–Crippen LogP) is 2.40. The van der Waals surface area contributed by atoms with Crippen LogP contribution in [0.5, 0.6) is 11.6 Å². The average Bonchev–Trinajstić information content (AvgIpc) is 2.78. The molecule has 2 aromatic heterocycles. The van der Waals surface area contributed by atoms with Crippen LogP contribution in [0.2, 0.25) is 0 Å². The summed E-state index contributed by atoms with van der Waals surface area (Å²) in [6.07, 6.45) is 3.90. The number of amides is 1. The molecule has 1 unspecified atom stereocenters. The lowest BCUT2D eigenvalue weighted by Crippen LogP contribution is -2.49. The molecule has 32 heavy (non-hydrogen) atoms. The third-order valence-corrected chi connectivity index (χ3v) is 7.30. The number of pyridine rings is 2. The van der Waals surface area contributed by atoms with Gasteiger partial charge < -0.3 is 9.30 Å². The molecule has 0 spiro atoms. The highest BCUT2D eigenvalue weighted by atomic mass is 32.2. The Hall–Kier alpha value is -3.50. The van der Waals surface area contributed by atoms with E-state index in [0.717, 1.165) is 11.8 Å². The summed E-state index contributed by atoms with van der Waals surface area (Å²) in [6, 6.07) is 15.7. The molecule has 1 atom stereocenters. The summed E-state index contributed by atoms with van der Waals surface area (Å²) >= 11 is 0. The van der Waals surface area contributed by atoms with Gasteiger partial charge in [0.2, 0.25) is 5.88 Å². The van der Waals surface area contributed by atoms with E-state index in [1.165, 1.54) is 29.2 Å². The summed E-state index contributed by atoms with van der Waals surface area (Å²) in [5, 5.41) is 8.91. The molecule has 9 nitrogen and oxygen atoms in total. The average molecular weight is 458 g/mol. The lowest BCUT2D eigenvalue weighted by atomic mass is 10.1. The van der Waals surface area contributed by atoms with E-state index in [4.69, 9.17) is 9.94 Å². The first-order valence-corrected chi connectivity index (χ1v) is 11.6. The van der Waals surface area contributed by atoms with Crippen LogP contribution in [0.15, 0.2) is 71.8 Å². The minimum atomic E-state index is -3.84. The number of benzene rings is 1. The Morgan fingerprint density at radius 1 is 1.16 bits per heavy atom. The van der Waals surface area contributed by atoms with Crippen LogP contribution in [0.1, 0.15) is 13.3 Å². The Labute approximate surface area is 185 Å².